The van der Waals surface area contributed by atoms with E-state index in [9.17, 15) is 0 Å². The molecule has 7 heterocycles. The Morgan fingerprint density at radius 2 is 0.817 bits per heavy atom. The predicted octanol–water partition coefficient (Wildman–Crippen LogP) is 22.8. The number of furan rings is 2. The molecule has 8 nitrogen and oxygen atoms in total. The fourth-order valence-corrected chi connectivity index (χ4v) is 11.3. The molecule has 8 heteroatoms. The van der Waals surface area contributed by atoms with Crippen molar-refractivity contribution in [1.29, 1.82) is 0 Å². The van der Waals surface area contributed by atoms with Crippen molar-refractivity contribution in [2.75, 3.05) is 33.2 Å². The van der Waals surface area contributed by atoms with E-state index in [4.69, 9.17) is 37.3 Å². The number of hydrogen-bond acceptors (Lipinski definition) is 8. The highest BCUT2D eigenvalue weighted by Gasteiger charge is 2.27. The molecule has 0 amide bonds. The summed E-state index contributed by atoms with van der Waals surface area (Å²) < 4.78 is 43.8. The first-order chi connectivity index (χ1) is 43.6. The number of fused-ring (bicyclic) bond motifs is 7. The van der Waals surface area contributed by atoms with Crippen molar-refractivity contribution in [1.82, 2.24) is 0 Å². The van der Waals surface area contributed by atoms with Gasteiger partial charge in [0.25, 0.3) is 0 Å². The Balaban J connectivity index is 0.000000139. The van der Waals surface area contributed by atoms with Crippen molar-refractivity contribution >= 4 is 34.1 Å². The first kappa shape index (κ1) is 70.8. The van der Waals surface area contributed by atoms with E-state index in [-0.39, 0.29) is 37.9 Å². The number of hydrogen-bond donors (Lipinski definition) is 0. The van der Waals surface area contributed by atoms with Crippen LogP contribution in [0.2, 0.25) is 0 Å². The molecule has 5 aliphatic heterocycles. The average molecular weight is 1260 g/mol. The normalized spacial score (nSPS) is 14.2. The highest BCUT2D eigenvalue weighted by Crippen LogP contribution is 2.42. The van der Waals surface area contributed by atoms with Gasteiger partial charge in [0, 0.05) is 51.4 Å². The molecule has 0 saturated heterocycles. The third-order valence-electron chi connectivity index (χ3n) is 16.9. The highest BCUT2D eigenvalue weighted by atomic mass is 16.7. The molecule has 2 aromatic heterocycles. The maximum atomic E-state index is 5.69. The maximum absolute atomic E-state index is 5.69. The van der Waals surface area contributed by atoms with E-state index in [0.29, 0.717) is 20.0 Å². The smallest absolute Gasteiger partial charge is 0.231 e. The van der Waals surface area contributed by atoms with E-state index in [2.05, 4.69) is 279 Å². The highest BCUT2D eigenvalue weighted by molar-refractivity contribution is 5.81. The molecule has 0 aliphatic carbocycles. The minimum atomic E-state index is 0.110. The van der Waals surface area contributed by atoms with Crippen molar-refractivity contribution in [3.05, 3.63) is 225 Å². The molecule has 0 unspecified atom stereocenters. The number of benzene rings is 7. The molecule has 0 atom stereocenters. The molecule has 0 N–H and O–H groups in total. The summed E-state index contributed by atoms with van der Waals surface area (Å²) in [5.41, 5.74) is 17.6. The SMILES string of the molecule is CC(C)(C)c1ccc2c(c1)C=CCO2.CC(C)(C)c1ccc2c(c1)CCO2.CC(C)(C)c1ccc2occc2c1.CC(C)(C)c1cccc2c1OCC2.CC(C)(C)c1cccc2c1OCC=C2.CC(C)(C)c1cccc2c1OCO2.CC(C)(C)c1cccc2ccoc12. The van der Waals surface area contributed by atoms with E-state index >= 15 is 0 Å². The van der Waals surface area contributed by atoms with E-state index < -0.39 is 0 Å². The minimum absolute atomic E-state index is 0.110. The predicted molar refractivity (Wildman–Crippen MR) is 389 cm³/mol. The minimum Gasteiger partial charge on any atom is -0.493 e. The van der Waals surface area contributed by atoms with Gasteiger partial charge >= 0.3 is 0 Å². The average Bonchev–Trinajstić information content (AvgIpc) is 1.22. The van der Waals surface area contributed by atoms with Gasteiger partial charge in [-0.15, -0.1) is 0 Å². The van der Waals surface area contributed by atoms with Crippen LogP contribution in [0.5, 0.6) is 34.5 Å². The van der Waals surface area contributed by atoms with Gasteiger partial charge in [0.1, 0.15) is 47.4 Å². The lowest BCUT2D eigenvalue weighted by molar-refractivity contribution is 0.172. The third-order valence-corrected chi connectivity index (χ3v) is 16.9. The maximum Gasteiger partial charge on any atom is 0.231 e. The molecule has 0 saturated carbocycles. The standard InChI is InChI=1S/2C13H16O.C12H16O.C12H14O.C12H16O.C12H14O.C11H14O2/c1-13(2,3)11-8-4-6-10-7-5-9-14-12(10)11;1-13(2,3)11-6-7-12-10(9-11)5-4-8-14-12;2*1-12(2,3)10-4-5-11-9(8-10)6-7-13-11;2*1-12(2,3)10-6-4-5-9-7-8-13-11(9)10;1-11(2,3)8-5-4-6-9-10(8)13-7-12-9/h4-8H,9H2,1-3H3;4-7,9H,8H2,1-3H3;4-5,8H,6-7H2,1-3H3;4-8H,1-3H3;4-6H,7-8H2,1-3H3;4-8H,1-3H3;4-6H,7H2,1-3H3. The Bertz CT molecular complexity index is 3930. The van der Waals surface area contributed by atoms with Crippen LogP contribution in [0.15, 0.2) is 173 Å². The summed E-state index contributed by atoms with van der Waals surface area (Å²) in [4.78, 5) is 0. The van der Waals surface area contributed by atoms with Gasteiger partial charge in [0.2, 0.25) is 6.79 Å². The van der Waals surface area contributed by atoms with Gasteiger partial charge in [-0.2, -0.15) is 0 Å². The topological polar surface area (TPSA) is 81.7 Å². The first-order valence-electron chi connectivity index (χ1n) is 33.3. The van der Waals surface area contributed by atoms with Gasteiger partial charge < -0.3 is 37.3 Å². The van der Waals surface area contributed by atoms with Gasteiger partial charge in [-0.05, 0) is 132 Å². The molecule has 93 heavy (non-hydrogen) atoms. The summed E-state index contributed by atoms with van der Waals surface area (Å²) in [6.07, 6.45) is 14.0. The largest absolute Gasteiger partial charge is 0.493 e. The van der Waals surface area contributed by atoms with Gasteiger partial charge in [-0.3, -0.25) is 0 Å². The molecule has 494 valence electrons. The lowest BCUT2D eigenvalue weighted by atomic mass is 9.85. The fraction of sp³-hybridized carbons (Fsp3) is 0.412. The zero-order valence-electron chi connectivity index (χ0n) is 60.0. The second-order valence-electron chi connectivity index (χ2n) is 31.8. The van der Waals surface area contributed by atoms with E-state index in [1.54, 1.807) is 12.5 Å². The van der Waals surface area contributed by atoms with Gasteiger partial charge in [-0.1, -0.05) is 249 Å². The van der Waals surface area contributed by atoms with Crippen LogP contribution in [-0.2, 0) is 50.7 Å². The van der Waals surface area contributed by atoms with E-state index in [1.165, 1.54) is 72.0 Å². The summed E-state index contributed by atoms with van der Waals surface area (Å²) in [5.74, 6) is 6.05. The van der Waals surface area contributed by atoms with Crippen molar-refractivity contribution in [2.24, 2.45) is 0 Å². The molecule has 0 bridgehead atoms. The number of para-hydroxylation sites is 4. The second-order valence-corrected chi connectivity index (χ2v) is 31.8. The van der Waals surface area contributed by atoms with Gasteiger partial charge in [0.15, 0.2) is 11.5 Å². The Labute approximate surface area is 557 Å². The molecule has 5 aliphatic rings. The second kappa shape index (κ2) is 29.0. The van der Waals surface area contributed by atoms with E-state index in [0.717, 1.165) is 71.7 Å². The lowest BCUT2D eigenvalue weighted by Gasteiger charge is -2.25. The summed E-state index contributed by atoms with van der Waals surface area (Å²) in [7, 11) is 0. The molecule has 9 aromatic rings. The third kappa shape index (κ3) is 18.8. The van der Waals surface area contributed by atoms with Crippen LogP contribution >= 0.6 is 0 Å². The van der Waals surface area contributed by atoms with Crippen molar-refractivity contribution in [3.8, 4) is 34.5 Å². The van der Waals surface area contributed by atoms with Crippen LogP contribution in [0.4, 0.5) is 0 Å². The monoisotopic (exact) mass is 1250 g/mol. The van der Waals surface area contributed by atoms with E-state index in [1.807, 2.05) is 30.3 Å². The summed E-state index contributed by atoms with van der Waals surface area (Å²) in [5, 5.41) is 2.37. The van der Waals surface area contributed by atoms with Crippen molar-refractivity contribution < 1.29 is 37.3 Å². The Hall–Kier alpha value is -8.10. The molecule has 14 rings (SSSR count). The Morgan fingerprint density at radius 3 is 1.47 bits per heavy atom. The van der Waals surface area contributed by atoms with Crippen molar-refractivity contribution in [3.63, 3.8) is 0 Å². The van der Waals surface area contributed by atoms with Crippen LogP contribution in [0.3, 0.4) is 0 Å². The molecule has 0 radical (unpaired) electrons. The molecule has 0 spiro atoms. The van der Waals surface area contributed by atoms with Crippen LogP contribution in [-0.4, -0.2) is 33.2 Å². The fourth-order valence-electron chi connectivity index (χ4n) is 11.3. The van der Waals surface area contributed by atoms with Crippen LogP contribution in [0.1, 0.15) is 207 Å². The van der Waals surface area contributed by atoms with Gasteiger partial charge in [-0.25, -0.2) is 0 Å². The lowest BCUT2D eigenvalue weighted by Crippen LogP contribution is -2.15. The quantitative estimate of drug-likeness (QED) is 0.149. The summed E-state index contributed by atoms with van der Waals surface area (Å²) >= 11 is 0. The zero-order chi connectivity index (χ0) is 67.7. The van der Waals surface area contributed by atoms with Crippen LogP contribution < -0.4 is 28.4 Å². The van der Waals surface area contributed by atoms with Crippen molar-refractivity contribution in [2.45, 2.75) is 196 Å². The molecule has 7 aromatic carbocycles. The molecular formula is C85H106O8. The number of ether oxygens (including phenoxy) is 6. The summed E-state index contributed by atoms with van der Waals surface area (Å²) in [6, 6.07) is 48.5. The Morgan fingerprint density at radius 1 is 0.312 bits per heavy atom. The number of rotatable bonds is 0. The Kier molecular flexibility index (Phi) is 22.1. The summed E-state index contributed by atoms with van der Waals surface area (Å²) in [6.45, 7) is 49.9. The van der Waals surface area contributed by atoms with Crippen LogP contribution in [0, 0.1) is 0 Å². The van der Waals surface area contributed by atoms with Gasteiger partial charge in [0.05, 0.1) is 25.7 Å². The first-order valence-corrected chi connectivity index (χ1v) is 33.3. The zero-order valence-corrected chi connectivity index (χ0v) is 60.0. The van der Waals surface area contributed by atoms with Crippen LogP contribution in [0.25, 0.3) is 34.1 Å². The molecular weight excluding hydrogens is 1150 g/mol. The molecule has 0 fully saturated rings.